The zero-order valence-electron chi connectivity index (χ0n) is 5.76. The third-order valence-corrected chi connectivity index (χ3v) is 0.768. The van der Waals surface area contributed by atoms with Crippen molar-refractivity contribution in [2.45, 2.75) is 6.92 Å². The zero-order chi connectivity index (χ0) is 7.98. The van der Waals surface area contributed by atoms with Crippen molar-refractivity contribution in [2.75, 3.05) is 6.61 Å². The summed E-state index contributed by atoms with van der Waals surface area (Å²) >= 11 is 0. The molecule has 0 spiro atoms. The van der Waals surface area contributed by atoms with Crippen molar-refractivity contribution >= 4 is 5.97 Å². The molecule has 3 heteroatoms. The fraction of sp³-hybridized carbons (Fsp3) is 0.286. The Labute approximate surface area is 59.0 Å². The van der Waals surface area contributed by atoms with Crippen LogP contribution in [0.2, 0.25) is 0 Å². The molecule has 0 N–H and O–H groups in total. The van der Waals surface area contributed by atoms with Crippen molar-refractivity contribution in [3.63, 3.8) is 0 Å². The molecule has 10 heavy (non-hydrogen) atoms. The molecule has 56 valence electrons. The number of esters is 1. The number of carbonyl (C=O) groups excluding carboxylic acids is 1. The molecule has 0 aliphatic heterocycles. The second-order valence-electron chi connectivity index (χ2n) is 1.57. The average molecular weight is 144 g/mol. The molecule has 0 heterocycles. The van der Waals surface area contributed by atoms with Gasteiger partial charge in [0.05, 0.1) is 0 Å². The number of ether oxygens (including phenoxy) is 1. The molecule has 0 aliphatic rings. The van der Waals surface area contributed by atoms with E-state index in [2.05, 4.69) is 11.3 Å². The first-order valence-corrected chi connectivity index (χ1v) is 2.81. The predicted octanol–water partition coefficient (Wildman–Crippen LogP) is 1.59. The first-order valence-electron chi connectivity index (χ1n) is 2.81. The molecule has 0 aromatic rings. The Morgan fingerprint density at radius 1 is 1.80 bits per heavy atom. The number of carbonyl (C=O) groups is 1. The highest BCUT2D eigenvalue weighted by Crippen LogP contribution is 1.94. The fourth-order valence-corrected chi connectivity index (χ4v) is 0.298. The lowest BCUT2D eigenvalue weighted by Gasteiger charge is -1.95. The van der Waals surface area contributed by atoms with Crippen molar-refractivity contribution in [1.29, 1.82) is 0 Å². The summed E-state index contributed by atoms with van der Waals surface area (Å²) in [6.45, 7) is 4.64. The molecule has 0 rings (SSSR count). The van der Waals surface area contributed by atoms with Crippen molar-refractivity contribution in [2.24, 2.45) is 0 Å². The second kappa shape index (κ2) is 4.73. The molecule has 0 unspecified atom stereocenters. The minimum atomic E-state index is -1.07. The molecule has 0 aliphatic carbocycles. The van der Waals surface area contributed by atoms with Gasteiger partial charge in [0.2, 0.25) is 5.83 Å². The highest BCUT2D eigenvalue weighted by molar-refractivity contribution is 5.85. The van der Waals surface area contributed by atoms with E-state index < -0.39 is 11.8 Å². The Kier molecular flexibility index (Phi) is 4.20. The third-order valence-electron chi connectivity index (χ3n) is 0.768. The molecule has 0 saturated heterocycles. The molecule has 0 atom stereocenters. The first kappa shape index (κ1) is 8.88. The molecule has 0 bridgehead atoms. The summed E-state index contributed by atoms with van der Waals surface area (Å²) in [5, 5.41) is 0. The average Bonchev–Trinajstić information content (AvgIpc) is 1.88. The Hall–Kier alpha value is -1.12. The molecular weight excluding hydrogens is 135 g/mol. The van der Waals surface area contributed by atoms with Crippen LogP contribution in [0.3, 0.4) is 0 Å². The van der Waals surface area contributed by atoms with E-state index in [1.807, 2.05) is 0 Å². The summed E-state index contributed by atoms with van der Waals surface area (Å²) in [5.41, 5.74) is 0. The Morgan fingerprint density at radius 2 is 2.40 bits per heavy atom. The maximum atomic E-state index is 11.8. The number of halogens is 1. The molecule has 0 fully saturated rings. The van der Waals surface area contributed by atoms with E-state index in [0.29, 0.717) is 0 Å². The Morgan fingerprint density at radius 3 is 2.80 bits per heavy atom. The van der Waals surface area contributed by atoms with Gasteiger partial charge in [0, 0.05) is 0 Å². The van der Waals surface area contributed by atoms with Crippen LogP contribution in [0.25, 0.3) is 0 Å². The van der Waals surface area contributed by atoms with Crippen LogP contribution in [0.4, 0.5) is 4.39 Å². The van der Waals surface area contributed by atoms with E-state index in [-0.39, 0.29) is 6.61 Å². The van der Waals surface area contributed by atoms with Gasteiger partial charge in [-0.1, -0.05) is 18.7 Å². The standard InChI is InChI=1S/C7H9FO2/c1-3-4-5-10-7(9)6(2)8/h3-4H,2,5H2,1H3/b4-3+. The van der Waals surface area contributed by atoms with Gasteiger partial charge < -0.3 is 4.74 Å². The van der Waals surface area contributed by atoms with Gasteiger partial charge in [0.1, 0.15) is 6.61 Å². The molecule has 0 aromatic carbocycles. The molecule has 0 saturated carbocycles. The maximum absolute atomic E-state index is 11.8. The van der Waals surface area contributed by atoms with Gasteiger partial charge in [0.15, 0.2) is 0 Å². The fourth-order valence-electron chi connectivity index (χ4n) is 0.298. The monoisotopic (exact) mass is 144 g/mol. The van der Waals surface area contributed by atoms with E-state index in [9.17, 15) is 9.18 Å². The summed E-state index contributed by atoms with van der Waals surface area (Å²) in [5.74, 6) is -2.07. The summed E-state index contributed by atoms with van der Waals surface area (Å²) in [7, 11) is 0. The lowest BCUT2D eigenvalue weighted by atomic mass is 10.5. The highest BCUT2D eigenvalue weighted by atomic mass is 19.1. The quantitative estimate of drug-likeness (QED) is 0.341. The third kappa shape index (κ3) is 3.83. The van der Waals surface area contributed by atoms with Crippen LogP contribution in [0, 0.1) is 0 Å². The lowest BCUT2D eigenvalue weighted by Crippen LogP contribution is -2.03. The van der Waals surface area contributed by atoms with Crippen molar-refractivity contribution in [3.05, 3.63) is 24.6 Å². The van der Waals surface area contributed by atoms with E-state index in [1.165, 1.54) is 0 Å². The van der Waals surface area contributed by atoms with Gasteiger partial charge in [-0.25, -0.2) is 4.79 Å². The Balaban J connectivity index is 3.50. The van der Waals surface area contributed by atoms with Crippen molar-refractivity contribution in [1.82, 2.24) is 0 Å². The molecule has 0 radical (unpaired) electrons. The SMILES string of the molecule is C=C(F)C(=O)OC/C=C/C. The second-order valence-corrected chi connectivity index (χ2v) is 1.57. The minimum Gasteiger partial charge on any atom is -0.456 e. The minimum absolute atomic E-state index is 0.0955. The van der Waals surface area contributed by atoms with Crippen LogP contribution >= 0.6 is 0 Å². The molecular formula is C7H9FO2. The van der Waals surface area contributed by atoms with E-state index in [4.69, 9.17) is 0 Å². The van der Waals surface area contributed by atoms with Gasteiger partial charge in [-0.2, -0.15) is 4.39 Å². The van der Waals surface area contributed by atoms with Crippen LogP contribution in [0.1, 0.15) is 6.92 Å². The van der Waals surface area contributed by atoms with Crippen LogP contribution < -0.4 is 0 Å². The van der Waals surface area contributed by atoms with Gasteiger partial charge >= 0.3 is 5.97 Å². The number of hydrogen-bond acceptors (Lipinski definition) is 2. The van der Waals surface area contributed by atoms with Gasteiger partial charge in [-0.15, -0.1) is 0 Å². The Bertz CT molecular complexity index is 161. The highest BCUT2D eigenvalue weighted by Gasteiger charge is 2.04. The molecule has 2 nitrogen and oxygen atoms in total. The van der Waals surface area contributed by atoms with Crippen LogP contribution in [0.15, 0.2) is 24.6 Å². The largest absolute Gasteiger partial charge is 0.456 e. The van der Waals surface area contributed by atoms with Crippen LogP contribution in [-0.4, -0.2) is 12.6 Å². The summed E-state index contributed by atoms with van der Waals surface area (Å²) < 4.78 is 16.2. The van der Waals surface area contributed by atoms with E-state index in [0.717, 1.165) is 0 Å². The van der Waals surface area contributed by atoms with E-state index in [1.54, 1.807) is 19.1 Å². The zero-order valence-corrected chi connectivity index (χ0v) is 5.76. The lowest BCUT2D eigenvalue weighted by molar-refractivity contribution is -0.139. The predicted molar refractivity (Wildman–Crippen MR) is 36.0 cm³/mol. The molecule has 0 amide bonds. The van der Waals surface area contributed by atoms with Crippen molar-refractivity contribution < 1.29 is 13.9 Å². The van der Waals surface area contributed by atoms with Gasteiger partial charge in [0.25, 0.3) is 0 Å². The molecule has 0 aromatic heterocycles. The number of hydrogen-bond donors (Lipinski definition) is 0. The summed E-state index contributed by atoms with van der Waals surface area (Å²) in [4.78, 5) is 10.3. The first-order chi connectivity index (χ1) is 4.68. The van der Waals surface area contributed by atoms with Gasteiger partial charge in [-0.05, 0) is 6.92 Å². The van der Waals surface area contributed by atoms with Crippen LogP contribution in [-0.2, 0) is 9.53 Å². The summed E-state index contributed by atoms with van der Waals surface area (Å²) in [6.07, 6.45) is 3.30. The van der Waals surface area contributed by atoms with Crippen LogP contribution in [0.5, 0.6) is 0 Å². The topological polar surface area (TPSA) is 26.3 Å². The van der Waals surface area contributed by atoms with Crippen molar-refractivity contribution in [3.8, 4) is 0 Å². The van der Waals surface area contributed by atoms with E-state index >= 15 is 0 Å². The summed E-state index contributed by atoms with van der Waals surface area (Å²) in [6, 6.07) is 0. The van der Waals surface area contributed by atoms with Gasteiger partial charge in [-0.3, -0.25) is 0 Å². The smallest absolute Gasteiger partial charge is 0.366 e. The number of allylic oxidation sites excluding steroid dienone is 1. The maximum Gasteiger partial charge on any atom is 0.366 e. The normalized spacial score (nSPS) is 9.80. The number of rotatable bonds is 3.